The van der Waals surface area contributed by atoms with Crippen LogP contribution in [0.15, 0.2) is 41.1 Å². The van der Waals surface area contributed by atoms with Crippen LogP contribution in [0, 0.1) is 5.82 Å². The molecule has 1 heterocycles. The molecule has 7 heteroatoms. The number of thiophene rings is 1. The number of halogens is 1. The third-order valence-corrected chi connectivity index (χ3v) is 4.02. The summed E-state index contributed by atoms with van der Waals surface area (Å²) < 4.78 is 12.8. The fraction of sp³-hybridized carbons (Fsp3) is 0.250. The van der Waals surface area contributed by atoms with Crippen LogP contribution in [-0.2, 0) is 9.59 Å². The number of nitrogens with zero attached hydrogens (tertiary/aromatic N) is 1. The molecule has 2 aromatic rings. The zero-order valence-corrected chi connectivity index (χ0v) is 13.7. The summed E-state index contributed by atoms with van der Waals surface area (Å²) in [7, 11) is 3.82. The second-order valence-corrected chi connectivity index (χ2v) is 5.99. The Morgan fingerprint density at radius 3 is 2.43 bits per heavy atom. The summed E-state index contributed by atoms with van der Waals surface area (Å²) in [5, 5.41) is 9.03. The number of rotatable bonds is 5. The SMILES string of the molecule is CN(C)[C@H](CNC(=O)C(=O)Nc1ccc(F)cc1)c1ccsc1. The van der Waals surface area contributed by atoms with Gasteiger partial charge in [-0.1, -0.05) is 0 Å². The number of hydrogen-bond acceptors (Lipinski definition) is 4. The number of carbonyl (C=O) groups is 2. The molecule has 0 saturated heterocycles. The van der Waals surface area contributed by atoms with Gasteiger partial charge in [-0.25, -0.2) is 4.39 Å². The first-order chi connectivity index (χ1) is 11.0. The molecule has 0 aliphatic heterocycles. The van der Waals surface area contributed by atoms with E-state index in [0.717, 1.165) is 5.56 Å². The van der Waals surface area contributed by atoms with Crippen molar-refractivity contribution in [3.63, 3.8) is 0 Å². The molecule has 23 heavy (non-hydrogen) atoms. The highest BCUT2D eigenvalue weighted by molar-refractivity contribution is 7.07. The number of carbonyl (C=O) groups excluding carboxylic acids is 2. The van der Waals surface area contributed by atoms with E-state index < -0.39 is 17.6 Å². The van der Waals surface area contributed by atoms with Crippen LogP contribution in [0.4, 0.5) is 10.1 Å². The van der Waals surface area contributed by atoms with Crippen molar-refractivity contribution in [3.05, 3.63) is 52.5 Å². The van der Waals surface area contributed by atoms with Gasteiger partial charge in [0.25, 0.3) is 0 Å². The van der Waals surface area contributed by atoms with Crippen molar-refractivity contribution in [2.75, 3.05) is 26.0 Å². The molecule has 0 saturated carbocycles. The summed E-state index contributed by atoms with van der Waals surface area (Å²) in [6.45, 7) is 0.319. The van der Waals surface area contributed by atoms with Gasteiger partial charge in [-0.2, -0.15) is 11.3 Å². The zero-order chi connectivity index (χ0) is 16.8. The standard InChI is InChI=1S/C16H18FN3O2S/c1-20(2)14(11-7-8-23-10-11)9-18-15(21)16(22)19-13-5-3-12(17)4-6-13/h3-8,10,14H,9H2,1-2H3,(H,18,21)(H,19,22)/t14-/m1/s1. The molecule has 0 bridgehead atoms. The maximum absolute atomic E-state index is 12.8. The smallest absolute Gasteiger partial charge is 0.313 e. The topological polar surface area (TPSA) is 61.4 Å². The Balaban J connectivity index is 1.90. The van der Waals surface area contributed by atoms with Gasteiger partial charge < -0.3 is 15.5 Å². The molecule has 0 spiro atoms. The molecule has 1 aromatic carbocycles. The van der Waals surface area contributed by atoms with Crippen LogP contribution in [-0.4, -0.2) is 37.4 Å². The van der Waals surface area contributed by atoms with Crippen LogP contribution < -0.4 is 10.6 Å². The lowest BCUT2D eigenvalue weighted by molar-refractivity contribution is -0.136. The fourth-order valence-electron chi connectivity index (χ4n) is 2.05. The van der Waals surface area contributed by atoms with Crippen molar-refractivity contribution >= 4 is 28.8 Å². The first-order valence-corrected chi connectivity index (χ1v) is 7.95. The number of nitrogens with one attached hydrogen (secondary N) is 2. The van der Waals surface area contributed by atoms with Crippen molar-refractivity contribution in [3.8, 4) is 0 Å². The van der Waals surface area contributed by atoms with Crippen molar-refractivity contribution in [2.45, 2.75) is 6.04 Å². The highest BCUT2D eigenvalue weighted by Gasteiger charge is 2.19. The minimum absolute atomic E-state index is 0.0104. The van der Waals surface area contributed by atoms with Crippen molar-refractivity contribution < 1.29 is 14.0 Å². The molecule has 0 aliphatic rings. The lowest BCUT2D eigenvalue weighted by atomic mass is 10.1. The van der Waals surface area contributed by atoms with Crippen LogP contribution in [0.3, 0.4) is 0 Å². The van der Waals surface area contributed by atoms with Crippen LogP contribution >= 0.6 is 11.3 Å². The van der Waals surface area contributed by atoms with Gasteiger partial charge in [0.2, 0.25) is 0 Å². The number of hydrogen-bond donors (Lipinski definition) is 2. The molecule has 1 atom stereocenters. The number of anilines is 1. The molecular weight excluding hydrogens is 317 g/mol. The summed E-state index contributed by atoms with van der Waals surface area (Å²) in [5.41, 5.74) is 1.45. The van der Waals surface area contributed by atoms with Gasteiger partial charge in [0.05, 0.1) is 6.04 Å². The molecule has 0 aliphatic carbocycles. The van der Waals surface area contributed by atoms with Gasteiger partial charge in [-0.05, 0) is 60.8 Å². The van der Waals surface area contributed by atoms with Crippen LogP contribution in [0.2, 0.25) is 0 Å². The van der Waals surface area contributed by atoms with Crippen molar-refractivity contribution in [1.82, 2.24) is 10.2 Å². The van der Waals surface area contributed by atoms with E-state index in [1.807, 2.05) is 35.8 Å². The first-order valence-electron chi connectivity index (χ1n) is 7.00. The second-order valence-electron chi connectivity index (χ2n) is 5.21. The van der Waals surface area contributed by atoms with Gasteiger partial charge in [-0.3, -0.25) is 9.59 Å². The van der Waals surface area contributed by atoms with Gasteiger partial charge in [-0.15, -0.1) is 0 Å². The van der Waals surface area contributed by atoms with E-state index in [1.54, 1.807) is 11.3 Å². The highest BCUT2D eigenvalue weighted by Crippen LogP contribution is 2.19. The van der Waals surface area contributed by atoms with Gasteiger partial charge in [0.1, 0.15) is 5.82 Å². The Kier molecular flexibility index (Phi) is 5.84. The van der Waals surface area contributed by atoms with Crippen LogP contribution in [0.25, 0.3) is 0 Å². The molecule has 0 radical (unpaired) electrons. The summed E-state index contributed by atoms with van der Waals surface area (Å²) in [4.78, 5) is 25.7. The zero-order valence-electron chi connectivity index (χ0n) is 12.9. The number of benzene rings is 1. The molecule has 0 fully saturated rings. The molecule has 1 aromatic heterocycles. The van der Waals surface area contributed by atoms with E-state index in [9.17, 15) is 14.0 Å². The van der Waals surface area contributed by atoms with E-state index in [1.165, 1.54) is 24.3 Å². The maximum Gasteiger partial charge on any atom is 0.313 e. The lowest BCUT2D eigenvalue weighted by Gasteiger charge is -2.23. The predicted molar refractivity (Wildman–Crippen MR) is 88.8 cm³/mol. The maximum atomic E-state index is 12.8. The minimum Gasteiger partial charge on any atom is -0.346 e. The molecule has 122 valence electrons. The number of amides is 2. The molecular formula is C16H18FN3O2S. The van der Waals surface area contributed by atoms with Crippen molar-refractivity contribution in [2.24, 2.45) is 0 Å². The van der Waals surface area contributed by atoms with Crippen molar-refractivity contribution in [1.29, 1.82) is 0 Å². The third-order valence-electron chi connectivity index (χ3n) is 3.32. The third kappa shape index (κ3) is 4.87. The van der Waals surface area contributed by atoms with E-state index in [4.69, 9.17) is 0 Å². The lowest BCUT2D eigenvalue weighted by Crippen LogP contribution is -2.40. The fourth-order valence-corrected chi connectivity index (χ4v) is 2.76. The molecule has 0 unspecified atom stereocenters. The van der Waals surface area contributed by atoms with Gasteiger partial charge in [0, 0.05) is 12.2 Å². The Morgan fingerprint density at radius 1 is 1.17 bits per heavy atom. The van der Waals surface area contributed by atoms with E-state index in [0.29, 0.717) is 12.2 Å². The van der Waals surface area contributed by atoms with Gasteiger partial charge in [0.15, 0.2) is 0 Å². The van der Waals surface area contributed by atoms with E-state index >= 15 is 0 Å². The Morgan fingerprint density at radius 2 is 1.87 bits per heavy atom. The Hall–Kier alpha value is -2.25. The average Bonchev–Trinajstić information content (AvgIpc) is 3.03. The number of likely N-dealkylation sites (N-methyl/N-ethyl adjacent to an activating group) is 1. The monoisotopic (exact) mass is 335 g/mol. The molecule has 2 rings (SSSR count). The normalized spacial score (nSPS) is 12.0. The Bertz CT molecular complexity index is 656. The van der Waals surface area contributed by atoms with E-state index in [-0.39, 0.29) is 6.04 Å². The summed E-state index contributed by atoms with van der Waals surface area (Å²) in [6, 6.07) is 7.20. The predicted octanol–water partition coefficient (Wildman–Crippen LogP) is 2.24. The average molecular weight is 335 g/mol. The minimum atomic E-state index is -0.778. The quantitative estimate of drug-likeness (QED) is 0.824. The molecule has 2 amide bonds. The molecule has 2 N–H and O–H groups in total. The van der Waals surface area contributed by atoms with Gasteiger partial charge >= 0.3 is 11.8 Å². The largest absolute Gasteiger partial charge is 0.346 e. The van der Waals surface area contributed by atoms with E-state index in [2.05, 4.69) is 10.6 Å². The Labute approximate surface area is 138 Å². The summed E-state index contributed by atoms with van der Waals surface area (Å²) in [6.07, 6.45) is 0. The summed E-state index contributed by atoms with van der Waals surface area (Å²) >= 11 is 1.58. The van der Waals surface area contributed by atoms with Crippen LogP contribution in [0.5, 0.6) is 0 Å². The summed E-state index contributed by atoms with van der Waals surface area (Å²) in [5.74, 6) is -1.91. The highest BCUT2D eigenvalue weighted by atomic mass is 32.1. The van der Waals surface area contributed by atoms with Crippen LogP contribution in [0.1, 0.15) is 11.6 Å². The molecule has 5 nitrogen and oxygen atoms in total. The second kappa shape index (κ2) is 7.85. The first kappa shape index (κ1) is 17.1.